The molecule has 2 aromatic rings. The Labute approximate surface area is 110 Å². The summed E-state index contributed by atoms with van der Waals surface area (Å²) < 4.78 is 26.8. The van der Waals surface area contributed by atoms with Crippen molar-refractivity contribution in [2.45, 2.75) is 32.2 Å². The Morgan fingerprint density at radius 1 is 1.39 bits per heavy atom. The summed E-state index contributed by atoms with van der Waals surface area (Å²) in [6.07, 6.45) is 0. The smallest absolute Gasteiger partial charge is 0.244 e. The summed E-state index contributed by atoms with van der Waals surface area (Å²) in [4.78, 5) is 4.43. The van der Waals surface area contributed by atoms with Gasteiger partial charge in [0.2, 0.25) is 10.0 Å². The number of H-pyrrole nitrogens is 1. The van der Waals surface area contributed by atoms with E-state index in [1.807, 2.05) is 12.3 Å². The zero-order valence-corrected chi connectivity index (χ0v) is 11.9. The van der Waals surface area contributed by atoms with E-state index in [0.717, 1.165) is 10.7 Å². The highest BCUT2D eigenvalue weighted by Crippen LogP contribution is 2.17. The van der Waals surface area contributed by atoms with Crippen molar-refractivity contribution < 1.29 is 8.42 Å². The van der Waals surface area contributed by atoms with Crippen LogP contribution < -0.4 is 4.72 Å². The van der Waals surface area contributed by atoms with Gasteiger partial charge in [-0.3, -0.25) is 5.10 Å². The average molecular weight is 286 g/mol. The van der Waals surface area contributed by atoms with Crippen LogP contribution in [0.2, 0.25) is 0 Å². The molecule has 2 aromatic heterocycles. The van der Waals surface area contributed by atoms with Crippen LogP contribution in [0.4, 0.5) is 0 Å². The Hall–Kier alpha value is -1.25. The Balaban J connectivity index is 2.18. The van der Waals surface area contributed by atoms with Crippen molar-refractivity contribution in [3.05, 3.63) is 27.5 Å². The van der Waals surface area contributed by atoms with E-state index in [0.29, 0.717) is 11.4 Å². The van der Waals surface area contributed by atoms with Gasteiger partial charge in [-0.25, -0.2) is 18.1 Å². The molecule has 0 aliphatic heterocycles. The molecule has 0 saturated carbocycles. The molecule has 0 spiro atoms. The van der Waals surface area contributed by atoms with E-state index >= 15 is 0 Å². The Kier molecular flexibility index (Phi) is 3.51. The lowest BCUT2D eigenvalue weighted by Gasteiger charge is -2.04. The first-order valence-corrected chi connectivity index (χ1v) is 7.68. The predicted molar refractivity (Wildman–Crippen MR) is 68.9 cm³/mol. The summed E-state index contributed by atoms with van der Waals surface area (Å²) in [6, 6.07) is 0. The van der Waals surface area contributed by atoms with Crippen LogP contribution in [0.15, 0.2) is 10.3 Å². The van der Waals surface area contributed by atoms with E-state index in [4.69, 9.17) is 0 Å². The highest BCUT2D eigenvalue weighted by molar-refractivity contribution is 7.89. The van der Waals surface area contributed by atoms with Crippen LogP contribution in [0.25, 0.3) is 0 Å². The van der Waals surface area contributed by atoms with Crippen molar-refractivity contribution in [3.63, 3.8) is 0 Å². The van der Waals surface area contributed by atoms with Crippen LogP contribution in [0.5, 0.6) is 0 Å². The largest absolute Gasteiger partial charge is 0.281 e. The molecule has 0 bridgehead atoms. The second-order valence-electron chi connectivity index (χ2n) is 3.97. The topological polar surface area (TPSA) is 87.7 Å². The van der Waals surface area contributed by atoms with Crippen molar-refractivity contribution >= 4 is 21.4 Å². The monoisotopic (exact) mass is 286 g/mol. The molecule has 0 radical (unpaired) electrons. The molecule has 0 amide bonds. The highest BCUT2D eigenvalue weighted by Gasteiger charge is 2.22. The first kappa shape index (κ1) is 13.2. The van der Waals surface area contributed by atoms with Gasteiger partial charge in [-0.15, -0.1) is 11.3 Å². The number of thiazole rings is 1. The number of sulfonamides is 1. The molecule has 0 aliphatic rings. The van der Waals surface area contributed by atoms with Crippen molar-refractivity contribution in [1.29, 1.82) is 0 Å². The standard InChI is InChI=1S/C10H14N4O2S2/c1-6-5-17-9(12-6)4-11-18(15,16)10-7(2)13-14-8(10)3/h5,11H,4H2,1-3H3,(H,13,14). The second kappa shape index (κ2) is 4.79. The molecule has 2 heterocycles. The number of hydrogen-bond acceptors (Lipinski definition) is 5. The molecule has 18 heavy (non-hydrogen) atoms. The zero-order chi connectivity index (χ0) is 13.3. The first-order chi connectivity index (χ1) is 8.40. The summed E-state index contributed by atoms with van der Waals surface area (Å²) in [5.74, 6) is 0. The number of nitrogens with zero attached hydrogens (tertiary/aromatic N) is 2. The van der Waals surface area contributed by atoms with E-state index in [1.165, 1.54) is 11.3 Å². The maximum absolute atomic E-state index is 12.1. The normalized spacial score (nSPS) is 11.9. The van der Waals surface area contributed by atoms with E-state index in [1.54, 1.807) is 13.8 Å². The predicted octanol–water partition coefficient (Wildman–Crippen LogP) is 1.27. The van der Waals surface area contributed by atoms with Gasteiger partial charge in [-0.2, -0.15) is 5.10 Å². The second-order valence-corrected chi connectivity index (χ2v) is 6.62. The fraction of sp³-hybridized carbons (Fsp3) is 0.400. The number of nitrogens with one attached hydrogen (secondary N) is 2. The molecular weight excluding hydrogens is 272 g/mol. The van der Waals surface area contributed by atoms with Crippen molar-refractivity contribution in [1.82, 2.24) is 19.9 Å². The minimum absolute atomic E-state index is 0.199. The molecule has 0 unspecified atom stereocenters. The van der Waals surface area contributed by atoms with Gasteiger partial charge in [-0.1, -0.05) is 0 Å². The fourth-order valence-electron chi connectivity index (χ4n) is 1.65. The fourth-order valence-corrected chi connectivity index (χ4v) is 3.81. The summed E-state index contributed by atoms with van der Waals surface area (Å²) >= 11 is 1.43. The molecule has 6 nitrogen and oxygen atoms in total. The van der Waals surface area contributed by atoms with E-state index < -0.39 is 10.0 Å². The third-order valence-electron chi connectivity index (χ3n) is 2.41. The van der Waals surface area contributed by atoms with Gasteiger partial charge in [0.1, 0.15) is 9.90 Å². The van der Waals surface area contributed by atoms with Gasteiger partial charge in [0.05, 0.1) is 17.9 Å². The van der Waals surface area contributed by atoms with Crippen molar-refractivity contribution in [2.75, 3.05) is 0 Å². The maximum atomic E-state index is 12.1. The Bertz CT molecular complexity index is 638. The summed E-state index contributed by atoms with van der Waals surface area (Å²) in [7, 11) is -3.54. The number of hydrogen-bond donors (Lipinski definition) is 2. The van der Waals surface area contributed by atoms with Gasteiger partial charge in [0, 0.05) is 11.1 Å². The molecule has 0 aliphatic carbocycles. The number of rotatable bonds is 4. The molecule has 8 heteroatoms. The SMILES string of the molecule is Cc1csc(CNS(=O)(=O)c2c(C)n[nH]c2C)n1. The first-order valence-electron chi connectivity index (χ1n) is 5.32. The third kappa shape index (κ3) is 2.60. The van der Waals surface area contributed by atoms with Crippen LogP contribution in [0, 0.1) is 20.8 Å². The molecule has 2 N–H and O–H groups in total. The molecule has 0 atom stereocenters. The molecule has 98 valence electrons. The molecule has 0 fully saturated rings. The van der Waals surface area contributed by atoms with Crippen LogP contribution >= 0.6 is 11.3 Å². The van der Waals surface area contributed by atoms with Gasteiger partial charge in [0.15, 0.2) is 0 Å². The van der Waals surface area contributed by atoms with E-state index in [2.05, 4.69) is 19.9 Å². The number of aromatic amines is 1. The van der Waals surface area contributed by atoms with Crippen molar-refractivity contribution in [2.24, 2.45) is 0 Å². The van der Waals surface area contributed by atoms with Gasteiger partial charge >= 0.3 is 0 Å². The van der Waals surface area contributed by atoms with Crippen LogP contribution in [-0.4, -0.2) is 23.6 Å². The quantitative estimate of drug-likeness (QED) is 0.886. The van der Waals surface area contributed by atoms with Crippen LogP contribution in [-0.2, 0) is 16.6 Å². The molecule has 0 aromatic carbocycles. The molecular formula is C10H14N4O2S2. The maximum Gasteiger partial charge on any atom is 0.244 e. The zero-order valence-electron chi connectivity index (χ0n) is 10.3. The van der Waals surface area contributed by atoms with Crippen LogP contribution in [0.3, 0.4) is 0 Å². The van der Waals surface area contributed by atoms with E-state index in [-0.39, 0.29) is 11.4 Å². The highest BCUT2D eigenvalue weighted by atomic mass is 32.2. The average Bonchev–Trinajstić information content (AvgIpc) is 2.83. The van der Waals surface area contributed by atoms with Gasteiger partial charge in [0.25, 0.3) is 0 Å². The molecule has 0 saturated heterocycles. The Morgan fingerprint density at radius 2 is 2.11 bits per heavy atom. The lowest BCUT2D eigenvalue weighted by Crippen LogP contribution is -2.24. The lowest BCUT2D eigenvalue weighted by atomic mass is 10.4. The third-order valence-corrected chi connectivity index (χ3v) is 5.04. The minimum atomic E-state index is -3.54. The van der Waals surface area contributed by atoms with E-state index in [9.17, 15) is 8.42 Å². The number of aromatic nitrogens is 3. The summed E-state index contributed by atoms with van der Waals surface area (Å²) in [6.45, 7) is 5.41. The molecule has 2 rings (SSSR count). The summed E-state index contributed by atoms with van der Waals surface area (Å²) in [5, 5.41) is 9.18. The minimum Gasteiger partial charge on any atom is -0.281 e. The van der Waals surface area contributed by atoms with Gasteiger partial charge < -0.3 is 0 Å². The number of aryl methyl sites for hydroxylation is 3. The van der Waals surface area contributed by atoms with Gasteiger partial charge in [-0.05, 0) is 20.8 Å². The lowest BCUT2D eigenvalue weighted by molar-refractivity contribution is 0.580. The van der Waals surface area contributed by atoms with Crippen molar-refractivity contribution in [3.8, 4) is 0 Å². The van der Waals surface area contributed by atoms with Crippen LogP contribution in [0.1, 0.15) is 22.1 Å². The summed E-state index contributed by atoms with van der Waals surface area (Å²) in [5.41, 5.74) is 1.90. The Morgan fingerprint density at radius 3 is 2.61 bits per heavy atom.